The van der Waals surface area contributed by atoms with Crippen LogP contribution < -0.4 is 10.6 Å². The van der Waals surface area contributed by atoms with Crippen LogP contribution in [0.5, 0.6) is 0 Å². The summed E-state index contributed by atoms with van der Waals surface area (Å²) in [5, 5.41) is 15.0. The minimum absolute atomic E-state index is 0.0346. The van der Waals surface area contributed by atoms with Gasteiger partial charge < -0.3 is 15.7 Å². The topological polar surface area (TPSA) is 78.4 Å². The summed E-state index contributed by atoms with van der Waals surface area (Å²) in [6, 6.07) is 5.63. The lowest BCUT2D eigenvalue weighted by Crippen LogP contribution is -2.45. The van der Waals surface area contributed by atoms with Gasteiger partial charge in [0.15, 0.2) is 0 Å². The molecule has 0 spiro atoms. The summed E-state index contributed by atoms with van der Waals surface area (Å²) in [7, 11) is 0. The van der Waals surface area contributed by atoms with E-state index in [0.29, 0.717) is 11.4 Å². The summed E-state index contributed by atoms with van der Waals surface area (Å²) in [6.07, 6.45) is 1.86. The number of rotatable bonds is 5. The molecule has 0 saturated heterocycles. The predicted molar refractivity (Wildman–Crippen MR) is 86.6 cm³/mol. The molecule has 1 atom stereocenters. The Balaban J connectivity index is 2.59. The molecule has 0 fully saturated rings. The van der Waals surface area contributed by atoms with Crippen LogP contribution in [0.4, 0.5) is 5.69 Å². The molecule has 0 aliphatic carbocycles. The summed E-state index contributed by atoms with van der Waals surface area (Å²) in [5.74, 6) is -1.01. The molecule has 0 heterocycles. The number of hydrogen-bond donors (Lipinski definition) is 3. The number of benzene rings is 1. The fourth-order valence-corrected chi connectivity index (χ4v) is 2.49. The molecule has 1 aromatic carbocycles. The molecule has 0 aromatic heterocycles. The van der Waals surface area contributed by atoms with Crippen LogP contribution in [-0.4, -0.2) is 41.1 Å². The Hall–Kier alpha value is -1.53. The average molecular weight is 310 g/mol. The van der Waals surface area contributed by atoms with E-state index < -0.39 is 17.4 Å². The van der Waals surface area contributed by atoms with Crippen molar-refractivity contribution in [2.24, 2.45) is 0 Å². The van der Waals surface area contributed by atoms with Gasteiger partial charge in [-0.15, -0.1) is 0 Å². The van der Waals surface area contributed by atoms with Crippen molar-refractivity contribution in [3.05, 3.63) is 29.3 Å². The number of amides is 2. The molecule has 3 N–H and O–H groups in total. The molecular weight excluding hydrogens is 288 g/mol. The van der Waals surface area contributed by atoms with E-state index >= 15 is 0 Å². The largest absolute Gasteiger partial charge is 0.387 e. The highest BCUT2D eigenvalue weighted by Gasteiger charge is 2.23. The van der Waals surface area contributed by atoms with Crippen LogP contribution in [0, 0.1) is 13.8 Å². The molecule has 0 bridgehead atoms. The summed E-state index contributed by atoms with van der Waals surface area (Å²) in [5.41, 5.74) is 1.47. The maximum atomic E-state index is 11.8. The van der Waals surface area contributed by atoms with Crippen molar-refractivity contribution in [3.63, 3.8) is 0 Å². The van der Waals surface area contributed by atoms with E-state index in [9.17, 15) is 14.7 Å². The number of carbonyl (C=O) groups is 2. The Morgan fingerprint density at radius 2 is 1.95 bits per heavy atom. The van der Waals surface area contributed by atoms with Crippen molar-refractivity contribution in [1.82, 2.24) is 5.32 Å². The smallest absolute Gasteiger partial charge is 0.313 e. The molecule has 2 amide bonds. The van der Waals surface area contributed by atoms with Crippen molar-refractivity contribution in [1.29, 1.82) is 0 Å². The Morgan fingerprint density at radius 3 is 2.57 bits per heavy atom. The number of aliphatic hydroxyl groups is 1. The first-order valence-electron chi connectivity index (χ1n) is 6.63. The van der Waals surface area contributed by atoms with Crippen LogP contribution >= 0.6 is 11.8 Å². The maximum Gasteiger partial charge on any atom is 0.313 e. The van der Waals surface area contributed by atoms with E-state index in [1.54, 1.807) is 6.92 Å². The van der Waals surface area contributed by atoms with Gasteiger partial charge in [0.05, 0.1) is 5.60 Å². The van der Waals surface area contributed by atoms with Gasteiger partial charge in [0.1, 0.15) is 0 Å². The third kappa shape index (κ3) is 5.77. The average Bonchev–Trinajstić information content (AvgIpc) is 2.40. The molecule has 0 aliphatic rings. The van der Waals surface area contributed by atoms with Crippen molar-refractivity contribution >= 4 is 29.3 Å². The Morgan fingerprint density at radius 1 is 1.29 bits per heavy atom. The van der Waals surface area contributed by atoms with Crippen molar-refractivity contribution in [2.75, 3.05) is 23.9 Å². The van der Waals surface area contributed by atoms with E-state index in [0.717, 1.165) is 11.1 Å². The lowest BCUT2D eigenvalue weighted by molar-refractivity contribution is -0.136. The summed E-state index contributed by atoms with van der Waals surface area (Å²) in [6.45, 7) is 5.42. The van der Waals surface area contributed by atoms with Crippen LogP contribution in [0.15, 0.2) is 18.2 Å². The lowest BCUT2D eigenvalue weighted by atomic mass is 10.1. The fraction of sp³-hybridized carbons (Fsp3) is 0.467. The van der Waals surface area contributed by atoms with E-state index in [4.69, 9.17) is 0 Å². The number of anilines is 1. The van der Waals surface area contributed by atoms with Crippen molar-refractivity contribution in [3.8, 4) is 0 Å². The van der Waals surface area contributed by atoms with Gasteiger partial charge in [-0.05, 0) is 44.2 Å². The first kappa shape index (κ1) is 17.5. The minimum Gasteiger partial charge on any atom is -0.387 e. The van der Waals surface area contributed by atoms with Gasteiger partial charge in [0.25, 0.3) is 0 Å². The second kappa shape index (κ2) is 7.47. The highest BCUT2D eigenvalue weighted by Crippen LogP contribution is 2.16. The molecule has 116 valence electrons. The first-order valence-corrected chi connectivity index (χ1v) is 8.02. The van der Waals surface area contributed by atoms with Gasteiger partial charge >= 0.3 is 11.8 Å². The number of nitrogens with one attached hydrogen (secondary N) is 2. The number of carbonyl (C=O) groups excluding carboxylic acids is 2. The monoisotopic (exact) mass is 310 g/mol. The van der Waals surface area contributed by atoms with Crippen molar-refractivity contribution in [2.45, 2.75) is 26.4 Å². The Labute approximate surface area is 129 Å². The van der Waals surface area contributed by atoms with Gasteiger partial charge in [-0.1, -0.05) is 12.1 Å². The van der Waals surface area contributed by atoms with Crippen LogP contribution in [0.3, 0.4) is 0 Å². The number of thioether (sulfide) groups is 1. The second-order valence-electron chi connectivity index (χ2n) is 5.39. The van der Waals surface area contributed by atoms with Gasteiger partial charge in [-0.25, -0.2) is 0 Å². The van der Waals surface area contributed by atoms with E-state index in [-0.39, 0.29) is 6.54 Å². The molecule has 0 saturated carbocycles. The third-order valence-corrected chi connectivity index (χ3v) is 3.84. The van der Waals surface area contributed by atoms with Crippen LogP contribution in [0.1, 0.15) is 18.1 Å². The van der Waals surface area contributed by atoms with Crippen LogP contribution in [0.2, 0.25) is 0 Å². The summed E-state index contributed by atoms with van der Waals surface area (Å²) in [4.78, 5) is 23.6. The SMILES string of the molecule is CSCC(C)(O)CNC(=O)C(=O)Nc1cc(C)ccc1C. The third-order valence-electron chi connectivity index (χ3n) is 2.93. The van der Waals surface area contributed by atoms with Gasteiger partial charge in [0, 0.05) is 18.0 Å². The van der Waals surface area contributed by atoms with Crippen LogP contribution in [0.25, 0.3) is 0 Å². The van der Waals surface area contributed by atoms with E-state index in [2.05, 4.69) is 10.6 Å². The quantitative estimate of drug-likeness (QED) is 0.720. The van der Waals surface area contributed by atoms with Gasteiger partial charge in [-0.2, -0.15) is 11.8 Å². The molecule has 0 radical (unpaired) electrons. The molecule has 0 aliphatic heterocycles. The normalized spacial score (nSPS) is 13.4. The zero-order chi connectivity index (χ0) is 16.0. The number of aryl methyl sites for hydroxylation is 2. The second-order valence-corrected chi connectivity index (χ2v) is 6.25. The fourth-order valence-electron chi connectivity index (χ4n) is 1.76. The molecular formula is C15H22N2O3S. The molecule has 1 aromatic rings. The van der Waals surface area contributed by atoms with Gasteiger partial charge in [0.2, 0.25) is 0 Å². The molecule has 6 heteroatoms. The molecule has 1 rings (SSSR count). The summed E-state index contributed by atoms with van der Waals surface area (Å²) >= 11 is 1.47. The number of hydrogen-bond acceptors (Lipinski definition) is 4. The molecule has 21 heavy (non-hydrogen) atoms. The van der Waals surface area contributed by atoms with E-state index in [1.165, 1.54) is 11.8 Å². The Bertz CT molecular complexity index is 530. The zero-order valence-corrected chi connectivity index (χ0v) is 13.6. The predicted octanol–water partition coefficient (Wildman–Crippen LogP) is 1.47. The van der Waals surface area contributed by atoms with Gasteiger partial charge in [-0.3, -0.25) is 9.59 Å². The first-order chi connectivity index (χ1) is 9.75. The molecule has 1 unspecified atom stereocenters. The zero-order valence-electron chi connectivity index (χ0n) is 12.8. The summed E-state index contributed by atoms with van der Waals surface area (Å²) < 4.78 is 0. The minimum atomic E-state index is -1.03. The standard InChI is InChI=1S/C15H22N2O3S/c1-10-5-6-11(2)12(7-10)17-14(19)13(18)16-8-15(3,20)9-21-4/h5-7,20H,8-9H2,1-4H3,(H,16,18)(H,17,19). The van der Waals surface area contributed by atoms with Crippen molar-refractivity contribution < 1.29 is 14.7 Å². The highest BCUT2D eigenvalue weighted by atomic mass is 32.2. The van der Waals surface area contributed by atoms with Crippen LogP contribution in [-0.2, 0) is 9.59 Å². The lowest BCUT2D eigenvalue weighted by Gasteiger charge is -2.22. The van der Waals surface area contributed by atoms with E-state index in [1.807, 2.05) is 38.3 Å². The molecule has 5 nitrogen and oxygen atoms in total. The highest BCUT2D eigenvalue weighted by molar-refractivity contribution is 7.98. The Kier molecular flexibility index (Phi) is 6.23. The maximum absolute atomic E-state index is 11.8.